The first-order valence-electron chi connectivity index (χ1n) is 8.20. The summed E-state index contributed by atoms with van der Waals surface area (Å²) in [6.45, 7) is 6.31. The Morgan fingerprint density at radius 2 is 2.26 bits per heavy atom. The monoisotopic (exact) mass is 319 g/mol. The molecule has 3 heterocycles. The first-order valence-corrected chi connectivity index (χ1v) is 8.20. The summed E-state index contributed by atoms with van der Waals surface area (Å²) in [6, 6.07) is 3.70. The van der Waals surface area contributed by atoms with Crippen molar-refractivity contribution < 1.29 is 9.53 Å². The van der Waals surface area contributed by atoms with Gasteiger partial charge in [-0.1, -0.05) is 6.07 Å². The molecule has 7 nitrogen and oxygen atoms in total. The molecular formula is C16H25N5O2. The molecule has 0 saturated carbocycles. The van der Waals surface area contributed by atoms with Gasteiger partial charge in [0.15, 0.2) is 0 Å². The van der Waals surface area contributed by atoms with E-state index < -0.39 is 0 Å². The molecule has 1 aromatic rings. The summed E-state index contributed by atoms with van der Waals surface area (Å²) in [5, 5.41) is 6.17. The van der Waals surface area contributed by atoms with Gasteiger partial charge in [0, 0.05) is 51.0 Å². The van der Waals surface area contributed by atoms with Crippen molar-refractivity contribution in [2.45, 2.75) is 12.6 Å². The molecule has 1 unspecified atom stereocenters. The standard InChI is InChI=1S/C16H25N5O2/c1-20-6-8-21(9-7-20)15-13(3-2-4-18-15)11-19-16(22)14-12-23-10-5-17-14/h2-4,14,17H,5-12H2,1H3,(H,19,22). The minimum absolute atomic E-state index is 0.0159. The molecule has 7 heteroatoms. The first-order chi connectivity index (χ1) is 11.2. The number of nitrogens with zero attached hydrogens (tertiary/aromatic N) is 3. The summed E-state index contributed by atoms with van der Waals surface area (Å²) < 4.78 is 5.34. The summed E-state index contributed by atoms with van der Waals surface area (Å²) >= 11 is 0. The van der Waals surface area contributed by atoms with Crippen LogP contribution < -0.4 is 15.5 Å². The highest BCUT2D eigenvalue weighted by atomic mass is 16.5. The number of ether oxygens (including phenoxy) is 1. The summed E-state index contributed by atoms with van der Waals surface area (Å²) in [5.74, 6) is 0.964. The Hall–Kier alpha value is -1.70. The zero-order valence-electron chi connectivity index (χ0n) is 13.6. The number of carbonyl (C=O) groups is 1. The number of piperazine rings is 1. The van der Waals surface area contributed by atoms with Crippen molar-refractivity contribution >= 4 is 11.7 Å². The van der Waals surface area contributed by atoms with Crippen LogP contribution >= 0.6 is 0 Å². The first kappa shape index (κ1) is 16.2. The SMILES string of the molecule is CN1CCN(c2ncccc2CNC(=O)C2COCCN2)CC1. The van der Waals surface area contributed by atoms with Gasteiger partial charge in [-0.3, -0.25) is 4.79 Å². The number of hydrogen-bond donors (Lipinski definition) is 2. The second kappa shape index (κ2) is 7.72. The fourth-order valence-corrected chi connectivity index (χ4v) is 2.91. The van der Waals surface area contributed by atoms with Crippen LogP contribution in [0.3, 0.4) is 0 Å². The van der Waals surface area contributed by atoms with Gasteiger partial charge < -0.3 is 25.2 Å². The molecule has 2 saturated heterocycles. The lowest BCUT2D eigenvalue weighted by atomic mass is 10.2. The van der Waals surface area contributed by atoms with Crippen molar-refractivity contribution in [3.05, 3.63) is 23.9 Å². The molecule has 0 aromatic carbocycles. The highest BCUT2D eigenvalue weighted by molar-refractivity contribution is 5.82. The van der Waals surface area contributed by atoms with Crippen molar-refractivity contribution in [2.75, 3.05) is 57.9 Å². The Morgan fingerprint density at radius 3 is 3.00 bits per heavy atom. The molecule has 1 aromatic heterocycles. The van der Waals surface area contributed by atoms with Gasteiger partial charge in [-0.05, 0) is 13.1 Å². The Labute approximate surface area is 137 Å². The molecule has 0 radical (unpaired) electrons. The van der Waals surface area contributed by atoms with Crippen LogP contribution in [-0.2, 0) is 16.1 Å². The Balaban J connectivity index is 1.60. The maximum atomic E-state index is 12.2. The topological polar surface area (TPSA) is 69.7 Å². The zero-order chi connectivity index (χ0) is 16.1. The van der Waals surface area contributed by atoms with Crippen LogP contribution in [0.25, 0.3) is 0 Å². The van der Waals surface area contributed by atoms with Gasteiger partial charge >= 0.3 is 0 Å². The maximum absolute atomic E-state index is 12.2. The Morgan fingerprint density at radius 1 is 1.43 bits per heavy atom. The molecule has 0 aliphatic carbocycles. The second-order valence-electron chi connectivity index (χ2n) is 6.08. The second-order valence-corrected chi connectivity index (χ2v) is 6.08. The summed E-state index contributed by atoms with van der Waals surface area (Å²) in [4.78, 5) is 21.4. The van der Waals surface area contributed by atoms with Gasteiger partial charge in [0.05, 0.1) is 13.2 Å². The molecule has 2 aliphatic heterocycles. The number of carbonyl (C=O) groups excluding carboxylic acids is 1. The van der Waals surface area contributed by atoms with E-state index in [0.29, 0.717) is 19.8 Å². The van der Waals surface area contributed by atoms with Gasteiger partial charge in [-0.25, -0.2) is 4.98 Å². The number of nitrogens with one attached hydrogen (secondary N) is 2. The smallest absolute Gasteiger partial charge is 0.239 e. The number of rotatable bonds is 4. The molecule has 0 spiro atoms. The molecule has 3 rings (SSSR count). The van der Waals surface area contributed by atoms with E-state index in [1.165, 1.54) is 0 Å². The van der Waals surface area contributed by atoms with E-state index in [1.807, 2.05) is 18.3 Å². The third-order valence-corrected chi connectivity index (χ3v) is 4.36. The van der Waals surface area contributed by atoms with E-state index in [4.69, 9.17) is 4.74 Å². The number of likely N-dealkylation sites (N-methyl/N-ethyl adjacent to an activating group) is 1. The normalized spacial score (nSPS) is 22.8. The van der Waals surface area contributed by atoms with Gasteiger partial charge in [0.1, 0.15) is 11.9 Å². The van der Waals surface area contributed by atoms with E-state index >= 15 is 0 Å². The van der Waals surface area contributed by atoms with Crippen molar-refractivity contribution in [3.8, 4) is 0 Å². The number of hydrogen-bond acceptors (Lipinski definition) is 6. The molecule has 0 bridgehead atoms. The van der Waals surface area contributed by atoms with Crippen LogP contribution in [0.15, 0.2) is 18.3 Å². The molecular weight excluding hydrogens is 294 g/mol. The zero-order valence-corrected chi connectivity index (χ0v) is 13.6. The molecule has 126 valence electrons. The van der Waals surface area contributed by atoms with Crippen molar-refractivity contribution in [1.29, 1.82) is 0 Å². The number of aromatic nitrogens is 1. The van der Waals surface area contributed by atoms with Crippen LogP contribution in [-0.4, -0.2) is 74.8 Å². The fourth-order valence-electron chi connectivity index (χ4n) is 2.91. The number of anilines is 1. The largest absolute Gasteiger partial charge is 0.378 e. The lowest BCUT2D eigenvalue weighted by Crippen LogP contribution is -2.51. The summed E-state index contributed by atoms with van der Waals surface area (Å²) in [7, 11) is 2.14. The van der Waals surface area contributed by atoms with Crippen LogP contribution in [0.1, 0.15) is 5.56 Å². The van der Waals surface area contributed by atoms with E-state index in [-0.39, 0.29) is 11.9 Å². The Bertz CT molecular complexity index is 525. The summed E-state index contributed by atoms with van der Waals surface area (Å²) in [6.07, 6.45) is 1.81. The molecule has 23 heavy (non-hydrogen) atoms. The lowest BCUT2D eigenvalue weighted by molar-refractivity contribution is -0.126. The van der Waals surface area contributed by atoms with Gasteiger partial charge in [0.25, 0.3) is 0 Å². The number of amides is 1. The van der Waals surface area contributed by atoms with Gasteiger partial charge in [-0.15, -0.1) is 0 Å². The Kier molecular flexibility index (Phi) is 5.43. The average molecular weight is 319 g/mol. The molecule has 1 atom stereocenters. The minimum Gasteiger partial charge on any atom is -0.378 e. The van der Waals surface area contributed by atoms with E-state index in [2.05, 4.69) is 32.5 Å². The lowest BCUT2D eigenvalue weighted by Gasteiger charge is -2.34. The van der Waals surface area contributed by atoms with E-state index in [0.717, 1.165) is 44.1 Å². The molecule has 2 aliphatic rings. The quantitative estimate of drug-likeness (QED) is 0.775. The third-order valence-electron chi connectivity index (χ3n) is 4.36. The highest BCUT2D eigenvalue weighted by Gasteiger charge is 2.22. The molecule has 2 N–H and O–H groups in total. The minimum atomic E-state index is -0.257. The van der Waals surface area contributed by atoms with Crippen molar-refractivity contribution in [2.24, 2.45) is 0 Å². The maximum Gasteiger partial charge on any atom is 0.239 e. The van der Waals surface area contributed by atoms with Crippen LogP contribution in [0.4, 0.5) is 5.82 Å². The van der Waals surface area contributed by atoms with Crippen molar-refractivity contribution in [3.63, 3.8) is 0 Å². The average Bonchev–Trinajstić information content (AvgIpc) is 2.61. The highest BCUT2D eigenvalue weighted by Crippen LogP contribution is 2.18. The van der Waals surface area contributed by atoms with E-state index in [9.17, 15) is 4.79 Å². The predicted molar refractivity (Wildman–Crippen MR) is 88.4 cm³/mol. The van der Waals surface area contributed by atoms with Crippen LogP contribution in [0.5, 0.6) is 0 Å². The van der Waals surface area contributed by atoms with Crippen LogP contribution in [0.2, 0.25) is 0 Å². The number of pyridine rings is 1. The van der Waals surface area contributed by atoms with Gasteiger partial charge in [0.2, 0.25) is 5.91 Å². The molecule has 1 amide bonds. The summed E-state index contributed by atoms with van der Waals surface area (Å²) in [5.41, 5.74) is 1.06. The fraction of sp³-hybridized carbons (Fsp3) is 0.625. The van der Waals surface area contributed by atoms with Crippen LogP contribution in [0, 0.1) is 0 Å². The molecule has 2 fully saturated rings. The third kappa shape index (κ3) is 4.19. The number of morpholine rings is 1. The van der Waals surface area contributed by atoms with Crippen molar-refractivity contribution in [1.82, 2.24) is 20.5 Å². The van der Waals surface area contributed by atoms with Gasteiger partial charge in [-0.2, -0.15) is 0 Å². The predicted octanol–water partition coefficient (Wildman–Crippen LogP) is -0.562. The van der Waals surface area contributed by atoms with E-state index in [1.54, 1.807) is 0 Å².